The van der Waals surface area contributed by atoms with E-state index >= 15 is 0 Å². The second kappa shape index (κ2) is 4.03. The first kappa shape index (κ1) is 10.2. The number of nitrogens with one attached hydrogen (secondary N) is 1. The van der Waals surface area contributed by atoms with Crippen molar-refractivity contribution in [3.8, 4) is 0 Å². The highest BCUT2D eigenvalue weighted by atomic mass is 16.3. The van der Waals surface area contributed by atoms with Crippen molar-refractivity contribution in [2.45, 2.75) is 0 Å². The van der Waals surface area contributed by atoms with E-state index in [4.69, 9.17) is 16.1 Å². The van der Waals surface area contributed by atoms with Crippen LogP contribution in [0.3, 0.4) is 0 Å². The molecular weight excluding hydrogens is 208 g/mol. The van der Waals surface area contributed by atoms with Crippen molar-refractivity contribution >= 4 is 16.9 Å². The van der Waals surface area contributed by atoms with E-state index in [0.717, 1.165) is 5.39 Å². The maximum absolute atomic E-state index is 11.4. The maximum atomic E-state index is 11.4. The first-order valence-electron chi connectivity index (χ1n) is 4.54. The van der Waals surface area contributed by atoms with Crippen LogP contribution in [-0.2, 0) is 0 Å². The Balaban J connectivity index is 2.78. The van der Waals surface area contributed by atoms with Crippen molar-refractivity contribution in [2.75, 3.05) is 0 Å². The van der Waals surface area contributed by atoms with Gasteiger partial charge in [-0.25, -0.2) is 5.84 Å². The highest BCUT2D eigenvalue weighted by molar-refractivity contribution is 5.96. The lowest BCUT2D eigenvalue weighted by molar-refractivity contribution is 0.0949. The lowest BCUT2D eigenvalue weighted by Gasteiger charge is -2.02. The summed E-state index contributed by atoms with van der Waals surface area (Å²) in [6.07, 6.45) is 0. The number of hydrogen-bond acceptors (Lipinski definition) is 5. The smallest absolute Gasteiger partial charge is 0.270 e. The number of carbonyl (C=O) groups is 1. The summed E-state index contributed by atoms with van der Waals surface area (Å²) in [6, 6.07) is 8.84. The van der Waals surface area contributed by atoms with E-state index in [1.807, 2.05) is 23.6 Å². The van der Waals surface area contributed by atoms with Gasteiger partial charge in [-0.2, -0.15) is 0 Å². The maximum Gasteiger partial charge on any atom is 0.270 e. The number of benzene rings is 1. The Morgan fingerprint density at radius 2 is 2.12 bits per heavy atom. The van der Waals surface area contributed by atoms with Crippen molar-refractivity contribution in [2.24, 2.45) is 16.8 Å². The van der Waals surface area contributed by atoms with Gasteiger partial charge < -0.3 is 10.3 Å². The highest BCUT2D eigenvalue weighted by Crippen LogP contribution is 2.12. The molecule has 0 bridgehead atoms. The quantitative estimate of drug-likeness (QED) is 0.350. The number of nitrogens with zero attached hydrogens (tertiary/aromatic N) is 1. The summed E-state index contributed by atoms with van der Waals surface area (Å²) in [5, 5.41) is 4.18. The first-order valence-corrected chi connectivity index (χ1v) is 4.54. The lowest BCUT2D eigenvalue weighted by atomic mass is 10.2. The number of hydrogen-bond donors (Lipinski definition) is 3. The zero-order valence-electron chi connectivity index (χ0n) is 8.31. The third kappa shape index (κ3) is 1.61. The Bertz CT molecular complexity index is 603. The van der Waals surface area contributed by atoms with Gasteiger partial charge in [0.25, 0.3) is 5.91 Å². The fourth-order valence-electron chi connectivity index (χ4n) is 1.41. The molecule has 0 aliphatic carbocycles. The third-order valence-corrected chi connectivity index (χ3v) is 2.15. The van der Waals surface area contributed by atoms with E-state index < -0.39 is 5.91 Å². The van der Waals surface area contributed by atoms with E-state index in [-0.39, 0.29) is 11.1 Å². The summed E-state index contributed by atoms with van der Waals surface area (Å²) >= 11 is 0. The molecule has 1 amide bonds. The molecule has 0 spiro atoms. The molecule has 1 aromatic carbocycles. The van der Waals surface area contributed by atoms with Gasteiger partial charge in [-0.1, -0.05) is 18.2 Å². The van der Waals surface area contributed by atoms with Gasteiger partial charge in [0.15, 0.2) is 0 Å². The third-order valence-electron chi connectivity index (χ3n) is 2.15. The Hall–Kier alpha value is -2.34. The SMILES string of the molecule is NN=c1oc2ccccc2cc1C(=O)NN. The average molecular weight is 218 g/mol. The summed E-state index contributed by atoms with van der Waals surface area (Å²) in [5.41, 5.74) is 2.84. The second-order valence-electron chi connectivity index (χ2n) is 3.11. The summed E-state index contributed by atoms with van der Waals surface area (Å²) < 4.78 is 5.36. The highest BCUT2D eigenvalue weighted by Gasteiger charge is 2.10. The molecule has 0 fully saturated rings. The molecular formula is C10H10N4O2. The number of carbonyl (C=O) groups excluding carboxylic acids is 1. The standard InChI is InChI=1S/C10H10N4O2/c11-13-9(15)7-5-6-3-1-2-4-8(6)16-10(7)14-12/h1-5H,11-12H2,(H,13,15). The number of hydrazine groups is 1. The largest absolute Gasteiger partial charge is 0.436 e. The number of nitrogens with two attached hydrogens (primary N) is 2. The molecule has 1 heterocycles. The normalized spacial score (nSPS) is 11.7. The van der Waals surface area contributed by atoms with Crippen LogP contribution in [0.5, 0.6) is 0 Å². The number of amides is 1. The molecule has 0 radical (unpaired) electrons. The first-order chi connectivity index (χ1) is 7.76. The van der Waals surface area contributed by atoms with Crippen LogP contribution in [-0.4, -0.2) is 5.91 Å². The predicted molar refractivity (Wildman–Crippen MR) is 57.6 cm³/mol. The van der Waals surface area contributed by atoms with Gasteiger partial charge in [0.05, 0.1) is 0 Å². The molecule has 2 rings (SSSR count). The summed E-state index contributed by atoms with van der Waals surface area (Å²) in [4.78, 5) is 11.4. The van der Waals surface area contributed by atoms with Crippen LogP contribution in [0.4, 0.5) is 0 Å². The number of para-hydroxylation sites is 1. The van der Waals surface area contributed by atoms with Gasteiger partial charge >= 0.3 is 0 Å². The minimum absolute atomic E-state index is 0.0432. The Kier molecular flexibility index (Phi) is 2.57. The van der Waals surface area contributed by atoms with Gasteiger partial charge in [0, 0.05) is 5.39 Å². The van der Waals surface area contributed by atoms with Crippen molar-refractivity contribution in [1.29, 1.82) is 0 Å². The molecule has 16 heavy (non-hydrogen) atoms. The van der Waals surface area contributed by atoms with Crippen LogP contribution in [0.15, 0.2) is 39.9 Å². The summed E-state index contributed by atoms with van der Waals surface area (Å²) in [5.74, 6) is 9.69. The fraction of sp³-hybridized carbons (Fsp3) is 0. The van der Waals surface area contributed by atoms with Gasteiger partial charge in [-0.3, -0.25) is 10.2 Å². The van der Waals surface area contributed by atoms with E-state index in [1.54, 1.807) is 12.1 Å². The Morgan fingerprint density at radius 1 is 1.38 bits per heavy atom. The Labute approximate surface area is 90.5 Å². The zero-order chi connectivity index (χ0) is 11.5. The minimum Gasteiger partial charge on any atom is -0.436 e. The second-order valence-corrected chi connectivity index (χ2v) is 3.11. The average Bonchev–Trinajstić information content (AvgIpc) is 2.36. The molecule has 0 unspecified atom stereocenters. The Morgan fingerprint density at radius 3 is 2.81 bits per heavy atom. The molecule has 1 aromatic heterocycles. The fourth-order valence-corrected chi connectivity index (χ4v) is 1.41. The van der Waals surface area contributed by atoms with Crippen LogP contribution >= 0.6 is 0 Å². The predicted octanol–water partition coefficient (Wildman–Crippen LogP) is -0.189. The van der Waals surface area contributed by atoms with Crippen molar-refractivity contribution in [3.05, 3.63) is 41.4 Å². The van der Waals surface area contributed by atoms with Gasteiger partial charge in [0.2, 0.25) is 5.55 Å². The number of fused-ring (bicyclic) bond motifs is 1. The van der Waals surface area contributed by atoms with Crippen molar-refractivity contribution in [3.63, 3.8) is 0 Å². The van der Waals surface area contributed by atoms with E-state index in [9.17, 15) is 4.79 Å². The molecule has 82 valence electrons. The van der Waals surface area contributed by atoms with Crippen LogP contribution in [0.25, 0.3) is 11.0 Å². The van der Waals surface area contributed by atoms with Crippen molar-refractivity contribution in [1.82, 2.24) is 5.43 Å². The molecule has 0 atom stereocenters. The van der Waals surface area contributed by atoms with Crippen molar-refractivity contribution < 1.29 is 9.21 Å². The van der Waals surface area contributed by atoms with Crippen LogP contribution < -0.4 is 22.7 Å². The van der Waals surface area contributed by atoms with E-state index in [1.165, 1.54) is 0 Å². The molecule has 5 N–H and O–H groups in total. The van der Waals surface area contributed by atoms with Crippen LogP contribution in [0.2, 0.25) is 0 Å². The number of nitrogen functional groups attached to an aromatic ring is 1. The van der Waals surface area contributed by atoms with Crippen LogP contribution in [0.1, 0.15) is 10.4 Å². The van der Waals surface area contributed by atoms with Gasteiger partial charge in [-0.05, 0) is 12.1 Å². The van der Waals surface area contributed by atoms with Gasteiger partial charge in [0.1, 0.15) is 11.1 Å². The van der Waals surface area contributed by atoms with E-state index in [2.05, 4.69) is 5.10 Å². The molecule has 0 saturated carbocycles. The van der Waals surface area contributed by atoms with E-state index in [0.29, 0.717) is 5.58 Å². The topological polar surface area (TPSA) is 107 Å². The summed E-state index contributed by atoms with van der Waals surface area (Å²) in [6.45, 7) is 0. The van der Waals surface area contributed by atoms with Crippen LogP contribution in [0, 0.1) is 0 Å². The number of rotatable bonds is 1. The lowest BCUT2D eigenvalue weighted by Crippen LogP contribution is -2.34. The molecule has 2 aromatic rings. The monoisotopic (exact) mass is 218 g/mol. The molecule has 0 aliphatic heterocycles. The molecule has 0 saturated heterocycles. The zero-order valence-corrected chi connectivity index (χ0v) is 8.31. The van der Waals surface area contributed by atoms with Gasteiger partial charge in [-0.15, -0.1) is 5.10 Å². The molecule has 6 nitrogen and oxygen atoms in total. The molecule has 6 heteroatoms. The minimum atomic E-state index is -0.501. The summed E-state index contributed by atoms with van der Waals surface area (Å²) in [7, 11) is 0. The molecule has 0 aliphatic rings.